The molecular formula is C21H25O3PS. The zero-order valence-electron chi connectivity index (χ0n) is 16.4. The van der Waals surface area contributed by atoms with Crippen molar-refractivity contribution in [3.63, 3.8) is 0 Å². The summed E-state index contributed by atoms with van der Waals surface area (Å²) in [6, 6.07) is 7.55. The first-order chi connectivity index (χ1) is 12.0. The highest BCUT2D eigenvalue weighted by Gasteiger charge is 2.42. The van der Waals surface area contributed by atoms with Crippen LogP contribution in [0.15, 0.2) is 24.3 Å². The van der Waals surface area contributed by atoms with Gasteiger partial charge in [0.1, 0.15) is 0 Å². The molecule has 26 heavy (non-hydrogen) atoms. The molecule has 138 valence electrons. The Hall–Kier alpha value is -1.64. The van der Waals surface area contributed by atoms with Crippen LogP contribution in [0.2, 0.25) is 0 Å². The molecule has 0 saturated carbocycles. The number of hydrogen-bond donors (Lipinski definition) is 0. The summed E-state index contributed by atoms with van der Waals surface area (Å²) < 4.78 is 13.6. The van der Waals surface area contributed by atoms with Crippen molar-refractivity contribution in [2.45, 2.75) is 41.5 Å². The van der Waals surface area contributed by atoms with Crippen molar-refractivity contribution in [1.29, 1.82) is 0 Å². The smallest absolute Gasteiger partial charge is 0.272 e. The minimum atomic E-state index is -3.83. The summed E-state index contributed by atoms with van der Waals surface area (Å²) in [5.74, 6) is 0. The molecule has 0 heterocycles. The maximum atomic E-state index is 13.6. The molecule has 0 unspecified atom stereocenters. The molecule has 3 nitrogen and oxygen atoms in total. The van der Waals surface area contributed by atoms with Crippen molar-refractivity contribution in [2.24, 2.45) is 0 Å². The standard InChI is InChI=1S/C21H25O3PS/c1-12-8-14(3)18(15(4)9-12)20(22)25(24,26-7)21(23)19-16(5)10-13(2)11-17(19)6/h8-11H,1-7H3. The minimum absolute atomic E-state index is 0.407. The fraction of sp³-hybridized carbons (Fsp3) is 0.333. The topological polar surface area (TPSA) is 51.2 Å². The molecule has 0 saturated heterocycles. The minimum Gasteiger partial charge on any atom is -0.295 e. The lowest BCUT2D eigenvalue weighted by Crippen LogP contribution is -2.13. The van der Waals surface area contributed by atoms with E-state index in [2.05, 4.69) is 0 Å². The van der Waals surface area contributed by atoms with Crippen LogP contribution in [-0.4, -0.2) is 17.3 Å². The Morgan fingerprint density at radius 1 is 0.692 bits per heavy atom. The quantitative estimate of drug-likeness (QED) is 0.576. The van der Waals surface area contributed by atoms with Crippen LogP contribution < -0.4 is 0 Å². The highest BCUT2D eigenvalue weighted by atomic mass is 32.7. The van der Waals surface area contributed by atoms with Gasteiger partial charge in [-0.1, -0.05) is 46.8 Å². The van der Waals surface area contributed by atoms with E-state index in [0.717, 1.165) is 44.8 Å². The van der Waals surface area contributed by atoms with Crippen LogP contribution in [0.4, 0.5) is 0 Å². The molecular weight excluding hydrogens is 363 g/mol. The first-order valence-corrected chi connectivity index (χ1v) is 12.0. The van der Waals surface area contributed by atoms with E-state index in [1.54, 1.807) is 6.26 Å². The van der Waals surface area contributed by atoms with Gasteiger partial charge in [-0.3, -0.25) is 14.2 Å². The summed E-state index contributed by atoms with van der Waals surface area (Å²) in [6.45, 7) is 11.2. The summed E-state index contributed by atoms with van der Waals surface area (Å²) in [7, 11) is 0. The van der Waals surface area contributed by atoms with E-state index in [0.29, 0.717) is 11.1 Å². The fourth-order valence-corrected chi connectivity index (χ4v) is 6.94. The van der Waals surface area contributed by atoms with E-state index in [9.17, 15) is 14.2 Å². The molecule has 2 rings (SSSR count). The molecule has 0 radical (unpaired) electrons. The predicted molar refractivity (Wildman–Crippen MR) is 111 cm³/mol. The van der Waals surface area contributed by atoms with E-state index in [-0.39, 0.29) is 0 Å². The van der Waals surface area contributed by atoms with Crippen molar-refractivity contribution in [2.75, 3.05) is 6.26 Å². The molecule has 0 amide bonds. The van der Waals surface area contributed by atoms with Gasteiger partial charge in [0, 0.05) is 11.1 Å². The van der Waals surface area contributed by atoms with Crippen LogP contribution in [0.1, 0.15) is 54.1 Å². The SMILES string of the molecule is CSP(=O)(C(=O)c1c(C)cc(C)cc1C)C(=O)c1c(C)cc(C)cc1C. The second-order valence-corrected chi connectivity index (χ2v) is 11.8. The van der Waals surface area contributed by atoms with Gasteiger partial charge in [-0.2, -0.15) is 0 Å². The molecule has 5 heteroatoms. The second kappa shape index (κ2) is 7.54. The number of aryl methyl sites for hydroxylation is 6. The largest absolute Gasteiger partial charge is 0.295 e. The highest BCUT2D eigenvalue weighted by molar-refractivity contribution is 8.67. The lowest BCUT2D eigenvalue weighted by molar-refractivity contribution is 0.104. The molecule has 0 bridgehead atoms. The number of hydrogen-bond acceptors (Lipinski definition) is 4. The number of rotatable bonds is 5. The van der Waals surface area contributed by atoms with Crippen LogP contribution in [0.3, 0.4) is 0 Å². The summed E-state index contributed by atoms with van der Waals surface area (Å²) >= 11 is 0.878. The average molecular weight is 388 g/mol. The summed E-state index contributed by atoms with van der Waals surface area (Å²) in [6.07, 6.45) is -2.25. The van der Waals surface area contributed by atoms with Crippen LogP contribution in [0.25, 0.3) is 0 Å². The Morgan fingerprint density at radius 3 is 1.19 bits per heavy atom. The van der Waals surface area contributed by atoms with Gasteiger partial charge in [0.15, 0.2) is 0 Å². The molecule has 0 spiro atoms. The molecule has 2 aromatic carbocycles. The van der Waals surface area contributed by atoms with Crippen LogP contribution in [-0.2, 0) is 4.57 Å². The van der Waals surface area contributed by atoms with E-state index < -0.39 is 17.4 Å². The third kappa shape index (κ3) is 3.58. The van der Waals surface area contributed by atoms with Gasteiger partial charge in [-0.15, -0.1) is 0 Å². The molecule has 0 atom stereocenters. The zero-order chi connectivity index (χ0) is 19.8. The molecule has 0 aromatic heterocycles. The highest BCUT2D eigenvalue weighted by Crippen LogP contribution is 2.62. The third-order valence-corrected chi connectivity index (χ3v) is 9.14. The van der Waals surface area contributed by atoms with Crippen LogP contribution >= 0.6 is 17.7 Å². The molecule has 0 aliphatic heterocycles. The normalized spacial score (nSPS) is 11.5. The van der Waals surface area contributed by atoms with Crippen molar-refractivity contribution in [3.05, 3.63) is 68.8 Å². The number of benzene rings is 2. The first kappa shape index (κ1) is 20.7. The van der Waals surface area contributed by atoms with Gasteiger partial charge >= 0.3 is 0 Å². The summed E-state index contributed by atoms with van der Waals surface area (Å²) in [4.78, 5) is 26.5. The zero-order valence-corrected chi connectivity index (χ0v) is 18.1. The van der Waals surface area contributed by atoms with Gasteiger partial charge in [-0.25, -0.2) is 0 Å². The molecule has 0 N–H and O–H groups in total. The Bertz CT molecular complexity index is 840. The fourth-order valence-electron chi connectivity index (χ4n) is 3.59. The summed E-state index contributed by atoms with van der Waals surface area (Å²) in [5, 5.41) is 0. The third-order valence-electron chi connectivity index (χ3n) is 4.57. The molecule has 0 aliphatic carbocycles. The van der Waals surface area contributed by atoms with E-state index in [4.69, 9.17) is 0 Å². The van der Waals surface area contributed by atoms with Gasteiger partial charge < -0.3 is 0 Å². The Morgan fingerprint density at radius 2 is 0.962 bits per heavy atom. The first-order valence-electron chi connectivity index (χ1n) is 8.44. The van der Waals surface area contributed by atoms with Crippen molar-refractivity contribution in [3.8, 4) is 0 Å². The van der Waals surface area contributed by atoms with Crippen molar-refractivity contribution < 1.29 is 14.2 Å². The van der Waals surface area contributed by atoms with Gasteiger partial charge in [0.2, 0.25) is 11.0 Å². The monoisotopic (exact) mass is 388 g/mol. The molecule has 0 aliphatic rings. The van der Waals surface area contributed by atoms with Gasteiger partial charge in [0.05, 0.1) is 0 Å². The number of carbonyl (C=O) groups excluding carboxylic acids is 2. The maximum absolute atomic E-state index is 13.6. The lowest BCUT2D eigenvalue weighted by Gasteiger charge is -2.19. The number of carbonyl (C=O) groups is 2. The van der Waals surface area contributed by atoms with Crippen molar-refractivity contribution in [1.82, 2.24) is 0 Å². The van der Waals surface area contributed by atoms with Crippen LogP contribution in [0, 0.1) is 41.5 Å². The van der Waals surface area contributed by atoms with E-state index in [1.165, 1.54) is 0 Å². The van der Waals surface area contributed by atoms with Gasteiger partial charge in [-0.05, 0) is 70.1 Å². The van der Waals surface area contributed by atoms with Crippen molar-refractivity contribution >= 4 is 28.8 Å². The Labute approximate surface area is 159 Å². The average Bonchev–Trinajstić information content (AvgIpc) is 2.51. The lowest BCUT2D eigenvalue weighted by atomic mass is 10.0. The molecule has 0 fully saturated rings. The second-order valence-electron chi connectivity index (χ2n) is 6.89. The molecule has 2 aromatic rings. The van der Waals surface area contributed by atoms with Crippen LogP contribution in [0.5, 0.6) is 0 Å². The predicted octanol–water partition coefficient (Wildman–Crippen LogP) is 6.16. The Balaban J connectivity index is 2.64. The maximum Gasteiger partial charge on any atom is 0.272 e. The summed E-state index contributed by atoms with van der Waals surface area (Å²) in [5.41, 5.74) is 4.80. The Kier molecular flexibility index (Phi) is 5.99. The van der Waals surface area contributed by atoms with Gasteiger partial charge in [0.25, 0.3) is 6.34 Å². The van der Waals surface area contributed by atoms with E-state index >= 15 is 0 Å². The van der Waals surface area contributed by atoms with E-state index in [1.807, 2.05) is 65.8 Å².